The van der Waals surface area contributed by atoms with Gasteiger partial charge in [0.2, 0.25) is 0 Å². The monoisotopic (exact) mass is 291 g/mol. The zero-order chi connectivity index (χ0) is 14.8. The highest BCUT2D eigenvalue weighted by Gasteiger charge is 2.34. The third-order valence-electron chi connectivity index (χ3n) is 3.27. The number of alkyl halides is 3. The van der Waals surface area contributed by atoms with Crippen LogP contribution >= 0.6 is 0 Å². The molecule has 0 amide bonds. The van der Waals surface area contributed by atoms with E-state index in [1.807, 2.05) is 0 Å². The van der Waals surface area contributed by atoms with E-state index >= 15 is 0 Å². The van der Waals surface area contributed by atoms with E-state index in [2.05, 4.69) is 24.3 Å². The van der Waals surface area contributed by atoms with Crippen LogP contribution in [0.15, 0.2) is 12.3 Å². The molecule has 0 saturated carbocycles. The molecule has 2 rings (SSSR count). The van der Waals surface area contributed by atoms with E-state index in [4.69, 9.17) is 4.74 Å². The van der Waals surface area contributed by atoms with Crippen LogP contribution in [0, 0.1) is 0 Å². The van der Waals surface area contributed by atoms with Gasteiger partial charge in [0.15, 0.2) is 5.69 Å². The first kappa shape index (κ1) is 15.3. The van der Waals surface area contributed by atoms with Crippen LogP contribution in [0.25, 0.3) is 0 Å². The molecule has 1 saturated heterocycles. The van der Waals surface area contributed by atoms with Crippen molar-refractivity contribution in [3.63, 3.8) is 0 Å². The zero-order valence-electron chi connectivity index (χ0n) is 11.7. The Labute approximate surface area is 116 Å². The van der Waals surface area contributed by atoms with E-state index in [0.29, 0.717) is 12.6 Å². The molecule has 20 heavy (non-hydrogen) atoms. The van der Waals surface area contributed by atoms with Crippen molar-refractivity contribution in [2.75, 3.05) is 6.54 Å². The predicted molar refractivity (Wildman–Crippen MR) is 68.3 cm³/mol. The molecule has 114 valence electrons. The van der Waals surface area contributed by atoms with Crippen molar-refractivity contribution in [2.45, 2.75) is 57.7 Å². The van der Waals surface area contributed by atoms with Gasteiger partial charge in [-0.15, -0.1) is 0 Å². The highest BCUT2D eigenvalue weighted by atomic mass is 19.4. The molecule has 1 N–H and O–H groups in total. The first-order chi connectivity index (χ1) is 9.34. The number of ether oxygens (including phenoxy) is 1. The number of rotatable bonds is 5. The molecule has 0 spiro atoms. The van der Waals surface area contributed by atoms with E-state index in [-0.39, 0.29) is 12.2 Å². The molecule has 1 fully saturated rings. The van der Waals surface area contributed by atoms with Crippen molar-refractivity contribution < 1.29 is 17.9 Å². The lowest BCUT2D eigenvalue weighted by atomic mass is 10.2. The summed E-state index contributed by atoms with van der Waals surface area (Å²) < 4.78 is 44.4. The predicted octanol–water partition coefficient (Wildman–Crippen LogP) is 2.45. The summed E-state index contributed by atoms with van der Waals surface area (Å²) in [5, 5.41) is 6.84. The van der Waals surface area contributed by atoms with E-state index in [9.17, 15) is 13.2 Å². The summed E-state index contributed by atoms with van der Waals surface area (Å²) in [6.45, 7) is 5.28. The molecule has 1 aromatic heterocycles. The van der Waals surface area contributed by atoms with Gasteiger partial charge in [-0.3, -0.25) is 4.68 Å². The van der Waals surface area contributed by atoms with Gasteiger partial charge in [-0.1, -0.05) is 13.8 Å². The van der Waals surface area contributed by atoms with Gasteiger partial charge in [-0.25, -0.2) is 0 Å². The highest BCUT2D eigenvalue weighted by molar-refractivity contribution is 5.03. The van der Waals surface area contributed by atoms with Crippen molar-refractivity contribution in [3.05, 3.63) is 18.0 Å². The third kappa shape index (κ3) is 4.21. The number of nitrogens with one attached hydrogen (secondary N) is 1. The number of halogens is 3. The Morgan fingerprint density at radius 2 is 2.10 bits per heavy atom. The van der Waals surface area contributed by atoms with Crippen LogP contribution in [-0.4, -0.2) is 34.6 Å². The average molecular weight is 291 g/mol. The maximum atomic E-state index is 12.4. The summed E-state index contributed by atoms with van der Waals surface area (Å²) in [5.74, 6) is 0. The van der Waals surface area contributed by atoms with Gasteiger partial charge in [0.25, 0.3) is 0 Å². The van der Waals surface area contributed by atoms with Crippen LogP contribution in [0.1, 0.15) is 32.4 Å². The molecule has 0 radical (unpaired) electrons. The van der Waals surface area contributed by atoms with Crippen molar-refractivity contribution in [1.82, 2.24) is 15.1 Å². The summed E-state index contributed by atoms with van der Waals surface area (Å²) >= 11 is 0. The molecule has 1 aliphatic rings. The van der Waals surface area contributed by atoms with Gasteiger partial charge in [-0.05, 0) is 18.9 Å². The van der Waals surface area contributed by atoms with Crippen LogP contribution in [0.2, 0.25) is 0 Å². The standard InChI is InChI=1S/C13H20F3N3O/c1-9(2)17-7-10-3-4-11(20-10)8-19-6-5-12(18-19)13(14,15)16/h5-6,9-11,17H,3-4,7-8H2,1-2H3. The van der Waals surface area contributed by atoms with Crippen molar-refractivity contribution in [2.24, 2.45) is 0 Å². The second-order valence-corrected chi connectivity index (χ2v) is 5.44. The molecule has 4 nitrogen and oxygen atoms in total. The molecule has 1 aromatic rings. The fraction of sp³-hybridized carbons (Fsp3) is 0.769. The Hall–Kier alpha value is -1.08. The number of hydrogen-bond donors (Lipinski definition) is 1. The average Bonchev–Trinajstić information content (AvgIpc) is 2.95. The molecule has 0 aromatic carbocycles. The lowest BCUT2D eigenvalue weighted by molar-refractivity contribution is -0.141. The normalized spacial score (nSPS) is 23.7. The molecule has 0 bridgehead atoms. The molecule has 2 atom stereocenters. The highest BCUT2D eigenvalue weighted by Crippen LogP contribution is 2.27. The van der Waals surface area contributed by atoms with Gasteiger partial charge >= 0.3 is 6.18 Å². The van der Waals surface area contributed by atoms with E-state index in [1.165, 1.54) is 10.9 Å². The molecular formula is C13H20F3N3O. The van der Waals surface area contributed by atoms with Gasteiger partial charge in [-0.2, -0.15) is 18.3 Å². The second-order valence-electron chi connectivity index (χ2n) is 5.44. The SMILES string of the molecule is CC(C)NCC1CCC(Cn2ccc(C(F)(F)F)n2)O1. The van der Waals surface area contributed by atoms with E-state index < -0.39 is 11.9 Å². The lowest BCUT2D eigenvalue weighted by Crippen LogP contribution is -2.32. The Balaban J connectivity index is 1.81. The quantitative estimate of drug-likeness (QED) is 0.905. The number of nitrogens with zero attached hydrogens (tertiary/aromatic N) is 2. The molecule has 7 heteroatoms. The summed E-state index contributed by atoms with van der Waals surface area (Å²) in [6.07, 6.45) is -1.17. The first-order valence-electron chi connectivity index (χ1n) is 6.84. The van der Waals surface area contributed by atoms with Crippen molar-refractivity contribution in [3.8, 4) is 0 Å². The minimum Gasteiger partial charge on any atom is -0.372 e. The Kier molecular flexibility index (Phi) is 4.70. The van der Waals surface area contributed by atoms with Gasteiger partial charge in [0, 0.05) is 18.8 Å². The van der Waals surface area contributed by atoms with E-state index in [0.717, 1.165) is 25.5 Å². The van der Waals surface area contributed by atoms with Gasteiger partial charge in [0.05, 0.1) is 18.8 Å². The second kappa shape index (κ2) is 6.13. The topological polar surface area (TPSA) is 39.1 Å². The van der Waals surface area contributed by atoms with E-state index in [1.54, 1.807) is 0 Å². The smallest absolute Gasteiger partial charge is 0.372 e. The largest absolute Gasteiger partial charge is 0.435 e. The summed E-state index contributed by atoms with van der Waals surface area (Å²) in [7, 11) is 0. The number of aromatic nitrogens is 2. The van der Waals surface area contributed by atoms with Crippen LogP contribution in [0.3, 0.4) is 0 Å². The molecule has 0 aliphatic carbocycles. The van der Waals surface area contributed by atoms with Crippen LogP contribution in [0.4, 0.5) is 13.2 Å². The maximum absolute atomic E-state index is 12.4. The minimum atomic E-state index is -4.38. The summed E-state index contributed by atoms with van der Waals surface area (Å²) in [6, 6.07) is 1.39. The van der Waals surface area contributed by atoms with Crippen LogP contribution in [-0.2, 0) is 17.5 Å². The molecule has 2 unspecified atom stereocenters. The summed E-state index contributed by atoms with van der Waals surface area (Å²) in [4.78, 5) is 0. The lowest BCUT2D eigenvalue weighted by Gasteiger charge is -2.16. The fourth-order valence-electron chi connectivity index (χ4n) is 2.25. The minimum absolute atomic E-state index is 0.0602. The summed E-state index contributed by atoms with van der Waals surface area (Å²) in [5.41, 5.74) is -0.853. The third-order valence-corrected chi connectivity index (χ3v) is 3.27. The Bertz CT molecular complexity index is 431. The first-order valence-corrected chi connectivity index (χ1v) is 6.84. The maximum Gasteiger partial charge on any atom is 0.435 e. The Morgan fingerprint density at radius 1 is 1.40 bits per heavy atom. The van der Waals surface area contributed by atoms with Crippen molar-refractivity contribution >= 4 is 0 Å². The Morgan fingerprint density at radius 3 is 2.70 bits per heavy atom. The number of hydrogen-bond acceptors (Lipinski definition) is 3. The van der Waals surface area contributed by atoms with Crippen molar-refractivity contribution in [1.29, 1.82) is 0 Å². The molecule has 1 aliphatic heterocycles. The fourth-order valence-corrected chi connectivity index (χ4v) is 2.25. The molecule has 2 heterocycles. The van der Waals surface area contributed by atoms with Crippen LogP contribution in [0.5, 0.6) is 0 Å². The van der Waals surface area contributed by atoms with Gasteiger partial charge < -0.3 is 10.1 Å². The van der Waals surface area contributed by atoms with Gasteiger partial charge in [0.1, 0.15) is 0 Å². The van der Waals surface area contributed by atoms with Crippen LogP contribution < -0.4 is 5.32 Å². The molecular weight excluding hydrogens is 271 g/mol. The zero-order valence-corrected chi connectivity index (χ0v) is 11.7.